The molecule has 0 fully saturated rings. The second kappa shape index (κ2) is 7.90. The molecule has 0 aromatic heterocycles. The Morgan fingerprint density at radius 3 is 2.35 bits per heavy atom. The van der Waals surface area contributed by atoms with Gasteiger partial charge < -0.3 is 14.2 Å². The summed E-state index contributed by atoms with van der Waals surface area (Å²) in [5.41, 5.74) is 2.28. The van der Waals surface area contributed by atoms with Gasteiger partial charge in [-0.15, -0.1) is 0 Å². The van der Waals surface area contributed by atoms with Crippen LogP contribution in [0.4, 0.5) is 0 Å². The number of nitrogens with zero attached hydrogens (tertiary/aromatic N) is 1. The molecule has 4 heteroatoms. The first-order valence-electron chi connectivity index (χ1n) is 7.29. The smallest absolute Gasteiger partial charge is 0.161 e. The van der Waals surface area contributed by atoms with Crippen molar-refractivity contribution in [3.05, 3.63) is 53.6 Å². The maximum Gasteiger partial charge on any atom is 0.161 e. The van der Waals surface area contributed by atoms with Crippen molar-refractivity contribution < 1.29 is 14.2 Å². The van der Waals surface area contributed by atoms with E-state index < -0.39 is 0 Å². The zero-order chi connectivity index (χ0) is 16.7. The van der Waals surface area contributed by atoms with Crippen LogP contribution in [0.15, 0.2) is 42.5 Å². The molecule has 0 heterocycles. The molecule has 0 amide bonds. The molecule has 0 spiro atoms. The molecule has 0 bridgehead atoms. The summed E-state index contributed by atoms with van der Waals surface area (Å²) in [6, 6.07) is 15.2. The van der Waals surface area contributed by atoms with Gasteiger partial charge in [0.1, 0.15) is 5.75 Å². The Morgan fingerprint density at radius 1 is 1.04 bits per heavy atom. The zero-order valence-corrected chi connectivity index (χ0v) is 13.5. The van der Waals surface area contributed by atoms with Gasteiger partial charge in [-0.25, -0.2) is 0 Å². The van der Waals surface area contributed by atoms with Crippen LogP contribution in [0.25, 0.3) is 11.6 Å². The van der Waals surface area contributed by atoms with Gasteiger partial charge in [0.05, 0.1) is 32.5 Å². The van der Waals surface area contributed by atoms with E-state index in [0.29, 0.717) is 23.7 Å². The third-order valence-electron chi connectivity index (χ3n) is 3.32. The number of hydrogen-bond donors (Lipinski definition) is 0. The lowest BCUT2D eigenvalue weighted by Gasteiger charge is -2.10. The molecule has 0 N–H and O–H groups in total. The Morgan fingerprint density at radius 2 is 1.78 bits per heavy atom. The average Bonchev–Trinajstić information content (AvgIpc) is 2.60. The molecule has 4 nitrogen and oxygen atoms in total. The minimum Gasteiger partial charge on any atom is -0.497 e. The second-order valence-electron chi connectivity index (χ2n) is 4.74. The lowest BCUT2D eigenvalue weighted by atomic mass is 10.0. The third-order valence-corrected chi connectivity index (χ3v) is 3.32. The summed E-state index contributed by atoms with van der Waals surface area (Å²) in [5.74, 6) is 2.09. The molecule has 0 aliphatic heterocycles. The van der Waals surface area contributed by atoms with Crippen LogP contribution in [0, 0.1) is 11.3 Å². The van der Waals surface area contributed by atoms with Crippen LogP contribution in [-0.2, 0) is 0 Å². The molecule has 2 aromatic carbocycles. The van der Waals surface area contributed by atoms with E-state index in [2.05, 4.69) is 6.07 Å². The van der Waals surface area contributed by atoms with Crippen molar-refractivity contribution >= 4 is 11.6 Å². The van der Waals surface area contributed by atoms with E-state index in [1.54, 1.807) is 14.2 Å². The minimum atomic E-state index is 0.549. The molecule has 0 unspecified atom stereocenters. The largest absolute Gasteiger partial charge is 0.497 e. The summed E-state index contributed by atoms with van der Waals surface area (Å²) in [4.78, 5) is 0. The highest BCUT2D eigenvalue weighted by Gasteiger charge is 2.06. The van der Waals surface area contributed by atoms with Gasteiger partial charge in [0.2, 0.25) is 0 Å². The maximum atomic E-state index is 9.44. The van der Waals surface area contributed by atoms with Crippen molar-refractivity contribution in [3.8, 4) is 23.3 Å². The summed E-state index contributed by atoms with van der Waals surface area (Å²) in [7, 11) is 3.22. The van der Waals surface area contributed by atoms with Crippen LogP contribution in [0.2, 0.25) is 0 Å². The molecular formula is C19H19NO3. The first-order valence-corrected chi connectivity index (χ1v) is 7.29. The summed E-state index contributed by atoms with van der Waals surface area (Å²) < 4.78 is 16.0. The van der Waals surface area contributed by atoms with Gasteiger partial charge in [-0.1, -0.05) is 6.07 Å². The van der Waals surface area contributed by atoms with Gasteiger partial charge in [-0.3, -0.25) is 0 Å². The van der Waals surface area contributed by atoms with Crippen LogP contribution in [-0.4, -0.2) is 20.8 Å². The van der Waals surface area contributed by atoms with Crippen LogP contribution >= 0.6 is 0 Å². The number of hydrogen-bond acceptors (Lipinski definition) is 4. The maximum absolute atomic E-state index is 9.44. The van der Waals surface area contributed by atoms with Crippen molar-refractivity contribution in [1.82, 2.24) is 0 Å². The normalized spacial score (nSPS) is 10.8. The van der Waals surface area contributed by atoms with Crippen molar-refractivity contribution in [2.75, 3.05) is 20.8 Å². The zero-order valence-electron chi connectivity index (χ0n) is 13.5. The van der Waals surface area contributed by atoms with Crippen LogP contribution in [0.5, 0.6) is 17.2 Å². The van der Waals surface area contributed by atoms with Crippen molar-refractivity contribution in [3.63, 3.8) is 0 Å². The quantitative estimate of drug-likeness (QED) is 0.593. The number of methoxy groups -OCH3 is 2. The van der Waals surface area contributed by atoms with Gasteiger partial charge in [0, 0.05) is 0 Å². The van der Waals surface area contributed by atoms with Crippen LogP contribution in [0.1, 0.15) is 18.1 Å². The molecule has 0 aliphatic rings. The summed E-state index contributed by atoms with van der Waals surface area (Å²) in [6.45, 7) is 2.47. The fraction of sp³-hybridized carbons (Fsp3) is 0.211. The highest BCUT2D eigenvalue weighted by molar-refractivity contribution is 5.89. The van der Waals surface area contributed by atoms with E-state index in [0.717, 1.165) is 16.9 Å². The Kier molecular flexibility index (Phi) is 5.65. The topological polar surface area (TPSA) is 51.5 Å². The van der Waals surface area contributed by atoms with Crippen LogP contribution in [0.3, 0.4) is 0 Å². The van der Waals surface area contributed by atoms with E-state index in [9.17, 15) is 5.26 Å². The lowest BCUT2D eigenvalue weighted by Crippen LogP contribution is -1.95. The van der Waals surface area contributed by atoms with E-state index in [4.69, 9.17) is 14.2 Å². The molecule has 2 rings (SSSR count). The summed E-state index contributed by atoms with van der Waals surface area (Å²) in [6.07, 6.45) is 1.82. The van der Waals surface area contributed by atoms with E-state index in [1.165, 1.54) is 0 Å². The van der Waals surface area contributed by atoms with E-state index >= 15 is 0 Å². The molecule has 0 aliphatic carbocycles. The molecular weight excluding hydrogens is 290 g/mol. The predicted molar refractivity (Wildman–Crippen MR) is 90.6 cm³/mol. The number of rotatable bonds is 6. The summed E-state index contributed by atoms with van der Waals surface area (Å²) in [5, 5.41) is 9.44. The van der Waals surface area contributed by atoms with Gasteiger partial charge >= 0.3 is 0 Å². The summed E-state index contributed by atoms with van der Waals surface area (Å²) >= 11 is 0. The fourth-order valence-electron chi connectivity index (χ4n) is 2.17. The van der Waals surface area contributed by atoms with Crippen molar-refractivity contribution in [1.29, 1.82) is 5.26 Å². The minimum absolute atomic E-state index is 0.549. The molecule has 118 valence electrons. The Hall–Kier alpha value is -2.93. The molecule has 0 radical (unpaired) electrons. The monoisotopic (exact) mass is 309 g/mol. The lowest BCUT2D eigenvalue weighted by molar-refractivity contribution is 0.311. The molecule has 0 saturated heterocycles. The standard InChI is InChI=1S/C19H19NO3/c1-4-23-19-12-14(5-10-18(19)22-3)11-16(13-20)15-6-8-17(21-2)9-7-15/h5-12H,4H2,1-3H3/b16-11+. The molecule has 0 saturated carbocycles. The Labute approximate surface area is 136 Å². The highest BCUT2D eigenvalue weighted by Crippen LogP contribution is 2.30. The van der Waals surface area contributed by atoms with Crippen molar-refractivity contribution in [2.45, 2.75) is 6.92 Å². The van der Waals surface area contributed by atoms with Gasteiger partial charge in [-0.05, 0) is 60.5 Å². The molecule has 2 aromatic rings. The second-order valence-corrected chi connectivity index (χ2v) is 4.74. The highest BCUT2D eigenvalue weighted by atomic mass is 16.5. The van der Waals surface area contributed by atoms with Crippen molar-refractivity contribution in [2.24, 2.45) is 0 Å². The number of allylic oxidation sites excluding steroid dienone is 1. The van der Waals surface area contributed by atoms with Crippen LogP contribution < -0.4 is 14.2 Å². The Bertz CT molecular complexity index is 727. The van der Waals surface area contributed by atoms with Gasteiger partial charge in [0.25, 0.3) is 0 Å². The van der Waals surface area contributed by atoms with E-state index in [-0.39, 0.29) is 0 Å². The first kappa shape index (κ1) is 16.4. The molecule has 0 atom stereocenters. The Balaban J connectivity index is 2.37. The van der Waals surface area contributed by atoms with E-state index in [1.807, 2.05) is 55.5 Å². The average molecular weight is 309 g/mol. The predicted octanol–water partition coefficient (Wildman–Crippen LogP) is 4.17. The number of benzene rings is 2. The SMILES string of the molecule is CCOc1cc(/C=C(\C#N)c2ccc(OC)cc2)ccc1OC. The van der Waals surface area contributed by atoms with Gasteiger partial charge in [-0.2, -0.15) is 5.26 Å². The van der Waals surface area contributed by atoms with Gasteiger partial charge in [0.15, 0.2) is 11.5 Å². The third kappa shape index (κ3) is 4.04. The number of nitriles is 1. The number of ether oxygens (including phenoxy) is 3. The molecule has 23 heavy (non-hydrogen) atoms. The fourth-order valence-corrected chi connectivity index (χ4v) is 2.17. The first-order chi connectivity index (χ1) is 11.2.